The molecular formula is C18H25N5O2S. The molecule has 0 aliphatic heterocycles. The second-order valence-electron chi connectivity index (χ2n) is 6.45. The zero-order valence-electron chi connectivity index (χ0n) is 15.5. The standard InChI is InChI=1S/C18H25N5O2S/c1-12(2)10-19-17(25)20-16(24)13(3)26-18-22-21-14(4)23(18)11-15-8-6-5-7-9-15/h5-9,12-13H,10-11H2,1-4H3,(H2,19,20,24,25). The Balaban J connectivity index is 1.97. The van der Waals surface area contributed by atoms with E-state index in [-0.39, 0.29) is 5.91 Å². The first kappa shape index (κ1) is 20.0. The van der Waals surface area contributed by atoms with Gasteiger partial charge in [0.2, 0.25) is 5.91 Å². The minimum Gasteiger partial charge on any atom is -0.338 e. The van der Waals surface area contributed by atoms with Gasteiger partial charge in [0.25, 0.3) is 0 Å². The molecular weight excluding hydrogens is 350 g/mol. The Kier molecular flexibility index (Phi) is 7.20. The van der Waals surface area contributed by atoms with Crippen LogP contribution in [0.25, 0.3) is 0 Å². The fraction of sp³-hybridized carbons (Fsp3) is 0.444. The van der Waals surface area contributed by atoms with E-state index in [2.05, 4.69) is 20.8 Å². The van der Waals surface area contributed by atoms with Crippen LogP contribution in [0.4, 0.5) is 4.79 Å². The predicted octanol–water partition coefficient (Wildman–Crippen LogP) is 2.60. The third kappa shape index (κ3) is 5.87. The van der Waals surface area contributed by atoms with Crippen LogP contribution in [0.1, 0.15) is 32.2 Å². The number of benzene rings is 1. The van der Waals surface area contributed by atoms with Gasteiger partial charge in [0.05, 0.1) is 11.8 Å². The van der Waals surface area contributed by atoms with Gasteiger partial charge in [0, 0.05) is 6.54 Å². The molecule has 1 aromatic carbocycles. The molecule has 3 amide bonds. The summed E-state index contributed by atoms with van der Waals surface area (Å²) < 4.78 is 1.96. The average molecular weight is 375 g/mol. The van der Waals surface area contributed by atoms with Crippen molar-refractivity contribution in [1.82, 2.24) is 25.4 Å². The molecule has 1 heterocycles. The smallest absolute Gasteiger partial charge is 0.321 e. The van der Waals surface area contributed by atoms with E-state index in [1.807, 2.05) is 55.7 Å². The van der Waals surface area contributed by atoms with Crippen molar-refractivity contribution in [2.24, 2.45) is 5.92 Å². The molecule has 0 saturated carbocycles. The van der Waals surface area contributed by atoms with Gasteiger partial charge in [0.15, 0.2) is 5.16 Å². The summed E-state index contributed by atoms with van der Waals surface area (Å²) in [6.07, 6.45) is 0. The highest BCUT2D eigenvalue weighted by Crippen LogP contribution is 2.23. The van der Waals surface area contributed by atoms with E-state index in [0.717, 1.165) is 11.4 Å². The highest BCUT2D eigenvalue weighted by molar-refractivity contribution is 8.00. The Hall–Kier alpha value is -2.35. The van der Waals surface area contributed by atoms with Crippen molar-refractivity contribution >= 4 is 23.7 Å². The summed E-state index contributed by atoms with van der Waals surface area (Å²) in [4.78, 5) is 24.0. The summed E-state index contributed by atoms with van der Waals surface area (Å²) in [5.41, 5.74) is 1.13. The first-order chi connectivity index (χ1) is 12.4. The molecule has 1 atom stereocenters. The third-order valence-corrected chi connectivity index (χ3v) is 4.72. The first-order valence-corrected chi connectivity index (χ1v) is 9.44. The summed E-state index contributed by atoms with van der Waals surface area (Å²) in [5.74, 6) is 0.740. The topological polar surface area (TPSA) is 88.9 Å². The van der Waals surface area contributed by atoms with Crippen molar-refractivity contribution in [2.75, 3.05) is 6.54 Å². The van der Waals surface area contributed by atoms with Crippen molar-refractivity contribution < 1.29 is 9.59 Å². The molecule has 140 valence electrons. The van der Waals surface area contributed by atoms with Crippen molar-refractivity contribution in [3.8, 4) is 0 Å². The molecule has 26 heavy (non-hydrogen) atoms. The maximum absolute atomic E-state index is 12.2. The molecule has 2 N–H and O–H groups in total. The van der Waals surface area contributed by atoms with Crippen LogP contribution in [0.5, 0.6) is 0 Å². The summed E-state index contributed by atoms with van der Waals surface area (Å²) in [7, 11) is 0. The Morgan fingerprint density at radius 3 is 2.50 bits per heavy atom. The van der Waals surface area contributed by atoms with Crippen molar-refractivity contribution in [2.45, 2.75) is 44.6 Å². The molecule has 0 bridgehead atoms. The van der Waals surface area contributed by atoms with Gasteiger partial charge < -0.3 is 9.88 Å². The fourth-order valence-electron chi connectivity index (χ4n) is 2.16. The van der Waals surface area contributed by atoms with Gasteiger partial charge in [-0.1, -0.05) is 55.9 Å². The van der Waals surface area contributed by atoms with Gasteiger partial charge in [-0.3, -0.25) is 10.1 Å². The van der Waals surface area contributed by atoms with Crippen LogP contribution >= 0.6 is 11.8 Å². The second-order valence-corrected chi connectivity index (χ2v) is 7.76. The third-order valence-electron chi connectivity index (χ3n) is 3.64. The lowest BCUT2D eigenvalue weighted by molar-refractivity contribution is -0.119. The Labute approximate surface area is 158 Å². The molecule has 0 fully saturated rings. The molecule has 0 aliphatic carbocycles. The summed E-state index contributed by atoms with van der Waals surface area (Å²) >= 11 is 1.28. The van der Waals surface area contributed by atoms with Crippen LogP contribution in [0.15, 0.2) is 35.5 Å². The van der Waals surface area contributed by atoms with Gasteiger partial charge in [-0.15, -0.1) is 10.2 Å². The lowest BCUT2D eigenvalue weighted by Gasteiger charge is -2.13. The second kappa shape index (κ2) is 9.38. The average Bonchev–Trinajstić information content (AvgIpc) is 2.94. The van der Waals surface area contributed by atoms with E-state index in [9.17, 15) is 9.59 Å². The number of thioether (sulfide) groups is 1. The van der Waals surface area contributed by atoms with Gasteiger partial charge in [0.1, 0.15) is 5.82 Å². The molecule has 7 nitrogen and oxygen atoms in total. The van der Waals surface area contributed by atoms with Gasteiger partial charge in [-0.2, -0.15) is 0 Å². The van der Waals surface area contributed by atoms with E-state index in [1.165, 1.54) is 11.8 Å². The maximum Gasteiger partial charge on any atom is 0.321 e. The maximum atomic E-state index is 12.2. The zero-order chi connectivity index (χ0) is 19.1. The Morgan fingerprint density at radius 2 is 1.85 bits per heavy atom. The zero-order valence-corrected chi connectivity index (χ0v) is 16.3. The van der Waals surface area contributed by atoms with E-state index < -0.39 is 11.3 Å². The Morgan fingerprint density at radius 1 is 1.15 bits per heavy atom. The fourth-order valence-corrected chi connectivity index (χ4v) is 3.06. The minimum atomic E-state index is -0.474. The summed E-state index contributed by atoms with van der Waals surface area (Å²) in [5, 5.41) is 13.5. The largest absolute Gasteiger partial charge is 0.338 e. The summed E-state index contributed by atoms with van der Waals surface area (Å²) in [6.45, 7) is 8.75. The monoisotopic (exact) mass is 375 g/mol. The lowest BCUT2D eigenvalue weighted by Crippen LogP contribution is -2.43. The molecule has 0 radical (unpaired) electrons. The number of nitrogens with one attached hydrogen (secondary N) is 2. The van der Waals surface area contributed by atoms with Gasteiger partial charge in [-0.25, -0.2) is 4.79 Å². The quantitative estimate of drug-likeness (QED) is 0.726. The SMILES string of the molecule is Cc1nnc(SC(C)C(=O)NC(=O)NCC(C)C)n1Cc1ccccc1. The molecule has 0 spiro atoms. The lowest BCUT2D eigenvalue weighted by atomic mass is 10.2. The Bertz CT molecular complexity index is 745. The van der Waals surface area contributed by atoms with Crippen LogP contribution in [-0.4, -0.2) is 38.5 Å². The van der Waals surface area contributed by atoms with Crippen LogP contribution in [-0.2, 0) is 11.3 Å². The number of carbonyl (C=O) groups excluding carboxylic acids is 2. The predicted molar refractivity (Wildman–Crippen MR) is 102 cm³/mol. The number of carbonyl (C=O) groups is 2. The van der Waals surface area contributed by atoms with Crippen LogP contribution in [0.3, 0.4) is 0 Å². The van der Waals surface area contributed by atoms with Gasteiger partial charge >= 0.3 is 6.03 Å². The molecule has 1 aromatic heterocycles. The number of rotatable bonds is 7. The highest BCUT2D eigenvalue weighted by atomic mass is 32.2. The van der Waals surface area contributed by atoms with Crippen LogP contribution in [0.2, 0.25) is 0 Å². The van der Waals surface area contributed by atoms with Gasteiger partial charge in [-0.05, 0) is 25.3 Å². The number of hydrogen-bond donors (Lipinski definition) is 2. The number of aromatic nitrogens is 3. The van der Waals surface area contributed by atoms with Crippen molar-refractivity contribution in [1.29, 1.82) is 0 Å². The van der Waals surface area contributed by atoms with Crippen LogP contribution in [0, 0.1) is 12.8 Å². The molecule has 0 saturated heterocycles. The minimum absolute atomic E-state index is 0.321. The van der Waals surface area contributed by atoms with E-state index >= 15 is 0 Å². The molecule has 2 rings (SSSR count). The number of hydrogen-bond acceptors (Lipinski definition) is 5. The number of amides is 3. The number of urea groups is 1. The molecule has 8 heteroatoms. The highest BCUT2D eigenvalue weighted by Gasteiger charge is 2.21. The van der Waals surface area contributed by atoms with E-state index in [0.29, 0.717) is 24.2 Å². The normalized spacial score (nSPS) is 12.0. The molecule has 0 aliphatic rings. The summed E-state index contributed by atoms with van der Waals surface area (Å²) in [6, 6.07) is 9.51. The number of imide groups is 1. The first-order valence-electron chi connectivity index (χ1n) is 8.56. The van der Waals surface area contributed by atoms with E-state index in [1.54, 1.807) is 6.92 Å². The number of aryl methyl sites for hydroxylation is 1. The van der Waals surface area contributed by atoms with Crippen LogP contribution < -0.4 is 10.6 Å². The van der Waals surface area contributed by atoms with Crippen molar-refractivity contribution in [3.05, 3.63) is 41.7 Å². The molecule has 2 aromatic rings. The van der Waals surface area contributed by atoms with E-state index in [4.69, 9.17) is 0 Å². The van der Waals surface area contributed by atoms with Crippen molar-refractivity contribution in [3.63, 3.8) is 0 Å². The molecule has 1 unspecified atom stereocenters. The number of nitrogens with zero attached hydrogens (tertiary/aromatic N) is 3.